The van der Waals surface area contributed by atoms with Crippen LogP contribution in [0.25, 0.3) is 0 Å². The van der Waals surface area contributed by atoms with Gasteiger partial charge < -0.3 is 8.23 Å². The van der Waals surface area contributed by atoms with Crippen LogP contribution in [0.4, 0.5) is 0 Å². The van der Waals surface area contributed by atoms with E-state index in [1.165, 1.54) is 30.9 Å². The molecule has 0 unspecified atom stereocenters. The summed E-state index contributed by atoms with van der Waals surface area (Å²) < 4.78 is 13.3. The predicted octanol–water partition coefficient (Wildman–Crippen LogP) is 6.22. The standard InChI is InChI=1S/C16H38O2Si3/c1-10-12-13-14-15-16(11-2)21(9,17-19(3,4)5)18-20(6,7)8/h11H,10,12-15H2,1-9H3/b16-11+. The molecule has 0 rings (SSSR count). The van der Waals surface area contributed by atoms with E-state index in [4.69, 9.17) is 8.23 Å². The van der Waals surface area contributed by atoms with Crippen LogP contribution in [0.5, 0.6) is 0 Å². The van der Waals surface area contributed by atoms with Crippen LogP contribution < -0.4 is 0 Å². The summed E-state index contributed by atoms with van der Waals surface area (Å²) in [6.07, 6.45) is 8.63. The number of hydrogen-bond donors (Lipinski definition) is 0. The normalized spacial score (nSPS) is 14.6. The van der Waals surface area contributed by atoms with Crippen molar-refractivity contribution < 1.29 is 8.23 Å². The van der Waals surface area contributed by atoms with Gasteiger partial charge in [-0.25, -0.2) is 0 Å². The molecule has 0 radical (unpaired) electrons. The number of rotatable bonds is 10. The van der Waals surface area contributed by atoms with Gasteiger partial charge >= 0.3 is 8.56 Å². The summed E-state index contributed by atoms with van der Waals surface area (Å²) >= 11 is 0. The average molecular weight is 347 g/mol. The highest BCUT2D eigenvalue weighted by atomic mass is 28.5. The third-order valence-electron chi connectivity index (χ3n) is 3.23. The second kappa shape index (κ2) is 8.82. The highest BCUT2D eigenvalue weighted by Gasteiger charge is 2.42. The Balaban J connectivity index is 5.06. The van der Waals surface area contributed by atoms with Crippen molar-refractivity contribution in [2.24, 2.45) is 0 Å². The molecule has 0 aromatic carbocycles. The van der Waals surface area contributed by atoms with E-state index in [9.17, 15) is 0 Å². The van der Waals surface area contributed by atoms with E-state index in [0.717, 1.165) is 6.42 Å². The van der Waals surface area contributed by atoms with Gasteiger partial charge in [0.1, 0.15) is 0 Å². The molecular weight excluding hydrogens is 308 g/mol. The van der Waals surface area contributed by atoms with Crippen molar-refractivity contribution in [3.8, 4) is 0 Å². The third kappa shape index (κ3) is 9.84. The van der Waals surface area contributed by atoms with Crippen LogP contribution >= 0.6 is 0 Å². The monoisotopic (exact) mass is 346 g/mol. The molecule has 0 heterocycles. The predicted molar refractivity (Wildman–Crippen MR) is 103 cm³/mol. The van der Waals surface area contributed by atoms with Crippen LogP contribution in [0.2, 0.25) is 45.8 Å². The van der Waals surface area contributed by atoms with Crippen molar-refractivity contribution in [2.45, 2.75) is 91.8 Å². The Morgan fingerprint density at radius 3 is 1.62 bits per heavy atom. The van der Waals surface area contributed by atoms with Crippen LogP contribution in [0.1, 0.15) is 46.0 Å². The van der Waals surface area contributed by atoms with Crippen molar-refractivity contribution in [1.29, 1.82) is 0 Å². The highest BCUT2D eigenvalue weighted by molar-refractivity contribution is 6.90. The van der Waals surface area contributed by atoms with Crippen molar-refractivity contribution >= 4 is 25.2 Å². The van der Waals surface area contributed by atoms with Gasteiger partial charge in [0.05, 0.1) is 0 Å². The molecule has 0 aliphatic heterocycles. The topological polar surface area (TPSA) is 18.5 Å². The van der Waals surface area contributed by atoms with E-state index in [0.29, 0.717) is 0 Å². The zero-order valence-electron chi connectivity index (χ0n) is 15.9. The van der Waals surface area contributed by atoms with Gasteiger partial charge in [0.25, 0.3) is 0 Å². The molecule has 21 heavy (non-hydrogen) atoms. The molecule has 0 bridgehead atoms. The van der Waals surface area contributed by atoms with E-state index in [-0.39, 0.29) is 0 Å². The van der Waals surface area contributed by atoms with Gasteiger partial charge in [0, 0.05) is 0 Å². The van der Waals surface area contributed by atoms with Crippen molar-refractivity contribution in [1.82, 2.24) is 0 Å². The lowest BCUT2D eigenvalue weighted by molar-refractivity contribution is 0.394. The molecule has 0 amide bonds. The fourth-order valence-electron chi connectivity index (χ4n) is 2.70. The van der Waals surface area contributed by atoms with Crippen LogP contribution in [0.3, 0.4) is 0 Å². The molecule has 0 atom stereocenters. The Labute approximate surface area is 136 Å². The number of allylic oxidation sites excluding steroid dienone is 2. The van der Waals surface area contributed by atoms with Crippen LogP contribution in [0, 0.1) is 0 Å². The minimum Gasteiger partial charge on any atom is -0.434 e. The number of unbranched alkanes of at least 4 members (excludes halogenated alkanes) is 3. The maximum atomic E-state index is 6.63. The van der Waals surface area contributed by atoms with E-state index in [1.807, 2.05) is 0 Å². The van der Waals surface area contributed by atoms with Crippen molar-refractivity contribution in [2.75, 3.05) is 0 Å². The van der Waals surface area contributed by atoms with Gasteiger partial charge in [-0.1, -0.05) is 32.3 Å². The molecule has 0 saturated carbocycles. The number of hydrogen-bond acceptors (Lipinski definition) is 2. The lowest BCUT2D eigenvalue weighted by Crippen LogP contribution is -2.54. The zero-order chi connectivity index (χ0) is 16.7. The van der Waals surface area contributed by atoms with Gasteiger partial charge in [0.2, 0.25) is 0 Å². The second-order valence-corrected chi connectivity index (χ2v) is 20.6. The largest absolute Gasteiger partial charge is 0.434 e. The lowest BCUT2D eigenvalue weighted by Gasteiger charge is -2.40. The fraction of sp³-hybridized carbons (Fsp3) is 0.875. The van der Waals surface area contributed by atoms with Crippen molar-refractivity contribution in [3.63, 3.8) is 0 Å². The van der Waals surface area contributed by atoms with Gasteiger partial charge in [-0.3, -0.25) is 0 Å². The molecule has 0 aromatic rings. The van der Waals surface area contributed by atoms with Crippen LogP contribution in [-0.4, -0.2) is 25.2 Å². The third-order valence-corrected chi connectivity index (χ3v) is 13.0. The summed E-state index contributed by atoms with van der Waals surface area (Å²) in [5.41, 5.74) is 0. The van der Waals surface area contributed by atoms with Gasteiger partial charge in [0.15, 0.2) is 16.6 Å². The molecule has 2 nitrogen and oxygen atoms in total. The second-order valence-electron chi connectivity index (χ2n) is 8.00. The molecule has 0 N–H and O–H groups in total. The van der Waals surface area contributed by atoms with Crippen molar-refractivity contribution in [3.05, 3.63) is 11.3 Å². The lowest BCUT2D eigenvalue weighted by atomic mass is 10.1. The Hall–Kier alpha value is 0.311. The summed E-state index contributed by atoms with van der Waals surface area (Å²) in [5, 5.41) is 1.46. The minimum atomic E-state index is -2.23. The first-order chi connectivity index (χ1) is 9.43. The average Bonchev–Trinajstić information content (AvgIpc) is 2.23. The first-order valence-electron chi connectivity index (χ1n) is 8.49. The van der Waals surface area contributed by atoms with Gasteiger partial charge in [-0.15, -0.1) is 0 Å². The Morgan fingerprint density at radius 2 is 1.29 bits per heavy atom. The summed E-state index contributed by atoms with van der Waals surface area (Å²) in [6, 6.07) is 0. The highest BCUT2D eigenvalue weighted by Crippen LogP contribution is 2.30. The summed E-state index contributed by atoms with van der Waals surface area (Å²) in [5.74, 6) is 0. The minimum absolute atomic E-state index is 1.15. The maximum Gasteiger partial charge on any atom is 0.344 e. The molecule has 0 fully saturated rings. The molecular formula is C16H38O2Si3. The van der Waals surface area contributed by atoms with Gasteiger partial charge in [-0.2, -0.15) is 0 Å². The van der Waals surface area contributed by atoms with E-state index in [2.05, 4.69) is 65.8 Å². The SMILES string of the molecule is C/C=C(\CCCCCC)[Si](C)(O[Si](C)(C)C)O[Si](C)(C)C. The van der Waals surface area contributed by atoms with Crippen LogP contribution in [0.15, 0.2) is 11.3 Å². The van der Waals surface area contributed by atoms with E-state index < -0.39 is 25.2 Å². The quantitative estimate of drug-likeness (QED) is 0.345. The Bertz CT molecular complexity index is 311. The first-order valence-corrected chi connectivity index (χ1v) is 17.6. The summed E-state index contributed by atoms with van der Waals surface area (Å²) in [7, 11) is -5.44. The van der Waals surface area contributed by atoms with Crippen LogP contribution in [-0.2, 0) is 8.23 Å². The fourth-order valence-corrected chi connectivity index (χ4v) is 14.8. The molecule has 0 saturated heterocycles. The Kier molecular flexibility index (Phi) is 8.95. The summed E-state index contributed by atoms with van der Waals surface area (Å²) in [4.78, 5) is 0. The molecule has 126 valence electrons. The molecule has 0 aliphatic rings. The molecule has 0 aromatic heterocycles. The van der Waals surface area contributed by atoms with E-state index in [1.54, 1.807) is 0 Å². The zero-order valence-corrected chi connectivity index (χ0v) is 18.9. The van der Waals surface area contributed by atoms with Gasteiger partial charge in [-0.05, 0) is 70.8 Å². The molecule has 5 heteroatoms. The first kappa shape index (κ1) is 21.3. The maximum absolute atomic E-state index is 6.63. The molecule has 0 spiro atoms. The molecule has 0 aliphatic carbocycles. The summed E-state index contributed by atoms with van der Waals surface area (Å²) in [6.45, 7) is 20.3. The Morgan fingerprint density at radius 1 is 0.810 bits per heavy atom. The smallest absolute Gasteiger partial charge is 0.344 e. The van der Waals surface area contributed by atoms with E-state index >= 15 is 0 Å².